The standard InChI is InChI=1S/C25H47N3/c1-20(2)26-15-10-22(11-16-26)27-14-6-7-23(17-27)28-18-25(19-28)12-8-21(9-13-25)24(3,4)5/h20-23H,6-19H2,1-5H3. The van der Waals surface area contributed by atoms with Crippen LogP contribution >= 0.6 is 0 Å². The summed E-state index contributed by atoms with van der Waals surface area (Å²) in [5, 5.41) is 0. The van der Waals surface area contributed by atoms with Gasteiger partial charge in [-0.2, -0.15) is 0 Å². The minimum atomic E-state index is 0.514. The average molecular weight is 390 g/mol. The average Bonchev–Trinajstić information content (AvgIpc) is 2.65. The summed E-state index contributed by atoms with van der Waals surface area (Å²) in [4.78, 5) is 8.44. The zero-order chi connectivity index (χ0) is 19.9. The molecule has 1 atom stereocenters. The molecule has 0 N–H and O–H groups in total. The first kappa shape index (κ1) is 21.1. The lowest BCUT2D eigenvalue weighted by Gasteiger charge is -2.58. The van der Waals surface area contributed by atoms with E-state index in [1.165, 1.54) is 90.6 Å². The molecule has 0 aromatic rings. The van der Waals surface area contributed by atoms with Gasteiger partial charge in [0.15, 0.2) is 0 Å². The van der Waals surface area contributed by atoms with E-state index < -0.39 is 0 Å². The molecule has 28 heavy (non-hydrogen) atoms. The van der Waals surface area contributed by atoms with Crippen LogP contribution in [0.4, 0.5) is 0 Å². The van der Waals surface area contributed by atoms with Gasteiger partial charge in [-0.1, -0.05) is 20.8 Å². The van der Waals surface area contributed by atoms with Gasteiger partial charge in [-0.25, -0.2) is 0 Å². The number of piperidine rings is 2. The van der Waals surface area contributed by atoms with Gasteiger partial charge >= 0.3 is 0 Å². The van der Waals surface area contributed by atoms with E-state index >= 15 is 0 Å². The van der Waals surface area contributed by atoms with Gasteiger partial charge in [0, 0.05) is 37.8 Å². The van der Waals surface area contributed by atoms with E-state index in [0.717, 1.165) is 24.0 Å². The third kappa shape index (κ3) is 4.47. The quantitative estimate of drug-likeness (QED) is 0.682. The molecule has 1 saturated carbocycles. The summed E-state index contributed by atoms with van der Waals surface area (Å²) in [6.07, 6.45) is 11.6. The molecule has 1 unspecified atom stereocenters. The van der Waals surface area contributed by atoms with Crippen LogP contribution in [0.5, 0.6) is 0 Å². The first-order valence-electron chi connectivity index (χ1n) is 12.5. The van der Waals surface area contributed by atoms with Gasteiger partial charge in [0.2, 0.25) is 0 Å². The smallest absolute Gasteiger partial charge is 0.0224 e. The predicted octanol–water partition coefficient (Wildman–Crippen LogP) is 4.86. The minimum absolute atomic E-state index is 0.514. The van der Waals surface area contributed by atoms with Gasteiger partial charge < -0.3 is 4.90 Å². The second kappa shape index (κ2) is 8.19. The molecule has 0 radical (unpaired) electrons. The van der Waals surface area contributed by atoms with Crippen molar-refractivity contribution in [3.63, 3.8) is 0 Å². The number of likely N-dealkylation sites (tertiary alicyclic amines) is 3. The Morgan fingerprint density at radius 1 is 0.786 bits per heavy atom. The van der Waals surface area contributed by atoms with Crippen molar-refractivity contribution in [3.8, 4) is 0 Å². The van der Waals surface area contributed by atoms with Crippen LogP contribution in [0.25, 0.3) is 0 Å². The first-order valence-corrected chi connectivity index (χ1v) is 12.5. The normalized spacial score (nSPS) is 32.1. The zero-order valence-corrected chi connectivity index (χ0v) is 19.6. The maximum atomic E-state index is 2.88. The summed E-state index contributed by atoms with van der Waals surface area (Å²) in [7, 11) is 0. The Balaban J connectivity index is 1.24. The summed E-state index contributed by atoms with van der Waals surface area (Å²) in [5.74, 6) is 0.953. The second-order valence-corrected chi connectivity index (χ2v) is 12.2. The van der Waals surface area contributed by atoms with E-state index in [9.17, 15) is 0 Å². The second-order valence-electron chi connectivity index (χ2n) is 12.2. The SMILES string of the molecule is CC(C)N1CCC(N2CCCC(N3CC4(CCC(C(C)(C)C)CC4)C3)C2)CC1. The summed E-state index contributed by atoms with van der Waals surface area (Å²) in [6, 6.07) is 2.43. The van der Waals surface area contributed by atoms with Gasteiger partial charge in [0.25, 0.3) is 0 Å². The molecule has 4 aliphatic rings. The molecule has 0 aromatic heterocycles. The largest absolute Gasteiger partial charge is 0.301 e. The zero-order valence-electron chi connectivity index (χ0n) is 19.6. The van der Waals surface area contributed by atoms with Crippen molar-refractivity contribution in [1.82, 2.24) is 14.7 Å². The van der Waals surface area contributed by atoms with Crippen LogP contribution in [0.15, 0.2) is 0 Å². The van der Waals surface area contributed by atoms with Gasteiger partial charge in [-0.3, -0.25) is 9.80 Å². The molecule has 3 aliphatic heterocycles. The summed E-state index contributed by atoms with van der Waals surface area (Å²) >= 11 is 0. The van der Waals surface area contributed by atoms with Crippen molar-refractivity contribution in [1.29, 1.82) is 0 Å². The lowest BCUT2D eigenvalue weighted by molar-refractivity contribution is -0.0887. The Morgan fingerprint density at radius 2 is 1.43 bits per heavy atom. The highest BCUT2D eigenvalue weighted by atomic mass is 15.3. The fourth-order valence-corrected chi connectivity index (χ4v) is 6.87. The Bertz CT molecular complexity index is 498. The molecular formula is C25H47N3. The predicted molar refractivity (Wildman–Crippen MR) is 120 cm³/mol. The minimum Gasteiger partial charge on any atom is -0.301 e. The molecule has 0 amide bonds. The van der Waals surface area contributed by atoms with E-state index in [-0.39, 0.29) is 0 Å². The summed E-state index contributed by atoms with van der Waals surface area (Å²) in [5.41, 5.74) is 1.21. The van der Waals surface area contributed by atoms with E-state index in [1.54, 1.807) is 0 Å². The molecule has 3 heterocycles. The molecule has 0 aromatic carbocycles. The molecule has 4 rings (SSSR count). The fourth-order valence-electron chi connectivity index (χ4n) is 6.87. The van der Waals surface area contributed by atoms with Crippen molar-refractivity contribution < 1.29 is 0 Å². The summed E-state index contributed by atoms with van der Waals surface area (Å²) in [6.45, 7) is 20.2. The molecule has 162 valence electrons. The van der Waals surface area contributed by atoms with Crippen molar-refractivity contribution in [2.45, 2.75) is 104 Å². The Hall–Kier alpha value is -0.120. The van der Waals surface area contributed by atoms with E-state index in [4.69, 9.17) is 0 Å². The lowest BCUT2D eigenvalue weighted by Crippen LogP contribution is -2.64. The number of rotatable bonds is 3. The molecule has 1 aliphatic carbocycles. The van der Waals surface area contributed by atoms with E-state index in [0.29, 0.717) is 10.8 Å². The molecule has 0 bridgehead atoms. The number of nitrogens with zero attached hydrogens (tertiary/aromatic N) is 3. The Labute approximate surface area is 175 Å². The van der Waals surface area contributed by atoms with Crippen molar-refractivity contribution in [3.05, 3.63) is 0 Å². The number of hydrogen-bond donors (Lipinski definition) is 0. The van der Waals surface area contributed by atoms with Crippen LogP contribution in [-0.2, 0) is 0 Å². The maximum Gasteiger partial charge on any atom is 0.0224 e. The first-order chi connectivity index (χ1) is 13.3. The van der Waals surface area contributed by atoms with Crippen LogP contribution in [0.2, 0.25) is 0 Å². The van der Waals surface area contributed by atoms with Crippen LogP contribution in [0, 0.1) is 16.7 Å². The molecule has 1 spiro atoms. The molecule has 3 saturated heterocycles. The topological polar surface area (TPSA) is 9.72 Å². The molecule has 3 heteroatoms. The third-order valence-corrected chi connectivity index (χ3v) is 9.04. The molecule has 3 nitrogen and oxygen atoms in total. The van der Waals surface area contributed by atoms with Gasteiger partial charge in [-0.15, -0.1) is 0 Å². The molecule has 4 fully saturated rings. The van der Waals surface area contributed by atoms with Crippen LogP contribution in [0.3, 0.4) is 0 Å². The molecular weight excluding hydrogens is 342 g/mol. The highest BCUT2D eigenvalue weighted by Gasteiger charge is 2.48. The van der Waals surface area contributed by atoms with E-state index in [2.05, 4.69) is 49.3 Å². The van der Waals surface area contributed by atoms with Crippen molar-refractivity contribution in [2.75, 3.05) is 39.3 Å². The number of hydrogen-bond acceptors (Lipinski definition) is 3. The lowest BCUT2D eigenvalue weighted by atomic mass is 9.61. The Morgan fingerprint density at radius 3 is 2.00 bits per heavy atom. The van der Waals surface area contributed by atoms with Crippen molar-refractivity contribution in [2.24, 2.45) is 16.7 Å². The van der Waals surface area contributed by atoms with Gasteiger partial charge in [-0.05, 0) is 102 Å². The van der Waals surface area contributed by atoms with Crippen molar-refractivity contribution >= 4 is 0 Å². The summed E-state index contributed by atoms with van der Waals surface area (Å²) < 4.78 is 0. The maximum absolute atomic E-state index is 2.88. The van der Waals surface area contributed by atoms with Crippen LogP contribution < -0.4 is 0 Å². The monoisotopic (exact) mass is 389 g/mol. The highest BCUT2D eigenvalue weighted by molar-refractivity contribution is 5.02. The van der Waals surface area contributed by atoms with Gasteiger partial charge in [0.1, 0.15) is 0 Å². The highest BCUT2D eigenvalue weighted by Crippen LogP contribution is 2.50. The fraction of sp³-hybridized carbons (Fsp3) is 1.00. The van der Waals surface area contributed by atoms with E-state index in [1.807, 2.05) is 0 Å². The third-order valence-electron chi connectivity index (χ3n) is 9.04. The van der Waals surface area contributed by atoms with Crippen LogP contribution in [0.1, 0.15) is 86.0 Å². The Kier molecular flexibility index (Phi) is 6.18. The van der Waals surface area contributed by atoms with Crippen LogP contribution in [-0.4, -0.2) is 72.1 Å². The van der Waals surface area contributed by atoms with Gasteiger partial charge in [0.05, 0.1) is 0 Å².